The van der Waals surface area contributed by atoms with Crippen LogP contribution in [0, 0.1) is 11.8 Å². The zero-order valence-electron chi connectivity index (χ0n) is 18.7. The first-order valence-corrected chi connectivity index (χ1v) is 13.2. The van der Waals surface area contributed by atoms with E-state index in [1.165, 1.54) is 18.9 Å². The number of amides is 1. The van der Waals surface area contributed by atoms with Crippen molar-refractivity contribution < 1.29 is 13.2 Å². The maximum atomic E-state index is 12.9. The van der Waals surface area contributed by atoms with Crippen LogP contribution in [0.5, 0.6) is 0 Å². The van der Waals surface area contributed by atoms with Crippen molar-refractivity contribution in [2.24, 2.45) is 11.8 Å². The third-order valence-electron chi connectivity index (χ3n) is 6.88. The van der Waals surface area contributed by atoms with Gasteiger partial charge in [0.05, 0.1) is 17.8 Å². The molecule has 1 aromatic heterocycles. The van der Waals surface area contributed by atoms with Crippen molar-refractivity contribution >= 4 is 21.7 Å². The van der Waals surface area contributed by atoms with Crippen LogP contribution >= 0.6 is 0 Å². The minimum atomic E-state index is -3.43. The Bertz CT molecular complexity index is 916. The van der Waals surface area contributed by atoms with Gasteiger partial charge in [-0.1, -0.05) is 6.92 Å². The normalized spacial score (nSPS) is 28.2. The van der Waals surface area contributed by atoms with E-state index in [1.54, 1.807) is 0 Å². The number of aromatic nitrogens is 2. The average Bonchev–Trinajstić information content (AvgIpc) is 3.18. The van der Waals surface area contributed by atoms with E-state index in [0.717, 1.165) is 19.5 Å². The molecule has 1 amide bonds. The first kappa shape index (κ1) is 22.4. The summed E-state index contributed by atoms with van der Waals surface area (Å²) < 4.78 is 24.9. The second kappa shape index (κ2) is 8.99. The second-order valence-corrected chi connectivity index (χ2v) is 11.4. The standard InChI is InChI=1S/C21H34N6O3S/c1-14-5-4-8-27(13-14)21-22-12-18(31(3,29)30)19(24-21)16-6-9-26(10-7-16)20(28)17-11-23-25-15(17)2/h12,14-17,23,25H,4-11,13H2,1-3H3. The van der Waals surface area contributed by atoms with Gasteiger partial charge in [0.15, 0.2) is 9.84 Å². The molecular weight excluding hydrogens is 416 g/mol. The van der Waals surface area contributed by atoms with Gasteiger partial charge in [-0.2, -0.15) is 0 Å². The van der Waals surface area contributed by atoms with E-state index in [9.17, 15) is 13.2 Å². The number of hydrazine groups is 1. The molecule has 31 heavy (non-hydrogen) atoms. The van der Waals surface area contributed by atoms with Crippen LogP contribution in [0.1, 0.15) is 51.1 Å². The number of anilines is 1. The highest BCUT2D eigenvalue weighted by Crippen LogP contribution is 2.33. The molecule has 3 saturated heterocycles. The molecule has 9 nitrogen and oxygen atoms in total. The fourth-order valence-corrected chi connectivity index (χ4v) is 5.83. The first-order valence-electron chi connectivity index (χ1n) is 11.3. The van der Waals surface area contributed by atoms with Gasteiger partial charge in [0, 0.05) is 50.9 Å². The average molecular weight is 451 g/mol. The molecule has 3 atom stereocenters. The summed E-state index contributed by atoms with van der Waals surface area (Å²) in [5.41, 5.74) is 6.78. The Morgan fingerprint density at radius 2 is 1.90 bits per heavy atom. The van der Waals surface area contributed by atoms with Crippen LogP contribution in [0.3, 0.4) is 0 Å². The Balaban J connectivity index is 1.52. The molecular formula is C21H34N6O3S. The van der Waals surface area contributed by atoms with Gasteiger partial charge in [-0.05, 0) is 38.5 Å². The van der Waals surface area contributed by atoms with E-state index in [2.05, 4.69) is 27.7 Å². The molecule has 0 aliphatic carbocycles. The number of piperidine rings is 2. The lowest BCUT2D eigenvalue weighted by Gasteiger charge is -2.35. The fraction of sp³-hybridized carbons (Fsp3) is 0.762. The number of nitrogens with one attached hydrogen (secondary N) is 2. The maximum Gasteiger partial charge on any atom is 0.228 e. The number of hydrogen-bond acceptors (Lipinski definition) is 8. The lowest BCUT2D eigenvalue weighted by atomic mass is 9.91. The van der Waals surface area contributed by atoms with Crippen molar-refractivity contribution in [3.05, 3.63) is 11.9 Å². The summed E-state index contributed by atoms with van der Waals surface area (Å²) in [6.07, 6.45) is 6.42. The molecule has 0 bridgehead atoms. The monoisotopic (exact) mass is 450 g/mol. The molecule has 4 heterocycles. The number of nitrogens with zero attached hydrogens (tertiary/aromatic N) is 4. The zero-order valence-corrected chi connectivity index (χ0v) is 19.5. The lowest BCUT2D eigenvalue weighted by molar-refractivity contribution is -0.136. The Hall–Kier alpha value is -1.78. The third-order valence-corrected chi connectivity index (χ3v) is 7.99. The van der Waals surface area contributed by atoms with Crippen LogP contribution in [0.2, 0.25) is 0 Å². The quantitative estimate of drug-likeness (QED) is 0.698. The molecule has 1 aromatic rings. The van der Waals surface area contributed by atoms with Crippen LogP contribution in [0.15, 0.2) is 11.1 Å². The van der Waals surface area contributed by atoms with Gasteiger partial charge in [0.25, 0.3) is 0 Å². The Labute approximate surface area is 184 Å². The third kappa shape index (κ3) is 4.85. The van der Waals surface area contributed by atoms with Gasteiger partial charge >= 0.3 is 0 Å². The smallest absolute Gasteiger partial charge is 0.228 e. The Kier molecular flexibility index (Phi) is 6.50. The molecule has 3 aliphatic rings. The van der Waals surface area contributed by atoms with Gasteiger partial charge in [-0.25, -0.2) is 18.4 Å². The number of hydrogen-bond donors (Lipinski definition) is 2. The summed E-state index contributed by atoms with van der Waals surface area (Å²) in [6.45, 7) is 7.91. The highest BCUT2D eigenvalue weighted by atomic mass is 32.2. The van der Waals surface area contributed by atoms with Gasteiger partial charge in [0.1, 0.15) is 4.90 Å². The van der Waals surface area contributed by atoms with Crippen LogP contribution in [0.25, 0.3) is 0 Å². The molecule has 172 valence electrons. The van der Waals surface area contributed by atoms with E-state index in [-0.39, 0.29) is 28.7 Å². The van der Waals surface area contributed by atoms with E-state index in [1.807, 2.05) is 11.8 Å². The minimum Gasteiger partial charge on any atom is -0.342 e. The van der Waals surface area contributed by atoms with Crippen molar-refractivity contribution in [3.8, 4) is 0 Å². The predicted molar refractivity (Wildman–Crippen MR) is 118 cm³/mol. The second-order valence-electron chi connectivity index (χ2n) is 9.41. The minimum absolute atomic E-state index is 0.00925. The summed E-state index contributed by atoms with van der Waals surface area (Å²) in [5, 5.41) is 0. The van der Waals surface area contributed by atoms with Crippen molar-refractivity contribution in [3.63, 3.8) is 0 Å². The molecule has 0 spiro atoms. The van der Waals surface area contributed by atoms with Gasteiger partial charge in [-0.3, -0.25) is 15.6 Å². The molecule has 10 heteroatoms. The van der Waals surface area contributed by atoms with Crippen molar-refractivity contribution in [2.45, 2.75) is 56.4 Å². The summed E-state index contributed by atoms with van der Waals surface area (Å²) >= 11 is 0. The summed E-state index contributed by atoms with van der Waals surface area (Å²) in [7, 11) is -3.43. The number of rotatable bonds is 4. The maximum absolute atomic E-state index is 12.9. The Morgan fingerprint density at radius 3 is 2.52 bits per heavy atom. The number of sulfone groups is 1. The molecule has 3 fully saturated rings. The summed E-state index contributed by atoms with van der Waals surface area (Å²) in [6, 6.07) is 0.110. The topological polar surface area (TPSA) is 108 Å². The van der Waals surface area contributed by atoms with Crippen molar-refractivity contribution in [1.29, 1.82) is 0 Å². The van der Waals surface area contributed by atoms with E-state index in [4.69, 9.17) is 4.98 Å². The largest absolute Gasteiger partial charge is 0.342 e. The molecule has 0 aromatic carbocycles. The van der Waals surface area contributed by atoms with Crippen LogP contribution < -0.4 is 15.8 Å². The van der Waals surface area contributed by atoms with Crippen LogP contribution in [0.4, 0.5) is 5.95 Å². The van der Waals surface area contributed by atoms with E-state index in [0.29, 0.717) is 50.0 Å². The number of carbonyl (C=O) groups is 1. The summed E-state index contributed by atoms with van der Waals surface area (Å²) in [5.74, 6) is 1.32. The van der Waals surface area contributed by atoms with E-state index < -0.39 is 9.84 Å². The molecule has 2 N–H and O–H groups in total. The predicted octanol–water partition coefficient (Wildman–Crippen LogP) is 0.935. The van der Waals surface area contributed by atoms with Crippen LogP contribution in [-0.4, -0.2) is 74.2 Å². The molecule has 0 saturated carbocycles. The molecule has 4 rings (SSSR count). The first-order chi connectivity index (χ1) is 14.7. The fourth-order valence-electron chi connectivity index (χ4n) is 4.99. The number of likely N-dealkylation sites (tertiary alicyclic amines) is 1. The SMILES string of the molecule is CC1CCCN(c2ncc(S(C)(=O)=O)c(C3CCN(C(=O)C4CNNC4C)CC3)n2)C1. The molecule has 0 radical (unpaired) electrons. The molecule has 3 aliphatic heterocycles. The van der Waals surface area contributed by atoms with Crippen molar-refractivity contribution in [1.82, 2.24) is 25.7 Å². The lowest BCUT2D eigenvalue weighted by Crippen LogP contribution is -2.44. The van der Waals surface area contributed by atoms with Gasteiger partial charge in [-0.15, -0.1) is 0 Å². The van der Waals surface area contributed by atoms with Gasteiger partial charge in [0.2, 0.25) is 11.9 Å². The highest BCUT2D eigenvalue weighted by molar-refractivity contribution is 7.90. The molecule has 3 unspecified atom stereocenters. The van der Waals surface area contributed by atoms with E-state index >= 15 is 0 Å². The highest BCUT2D eigenvalue weighted by Gasteiger charge is 2.36. The Morgan fingerprint density at radius 1 is 1.16 bits per heavy atom. The zero-order chi connectivity index (χ0) is 22.2. The number of carbonyl (C=O) groups excluding carboxylic acids is 1. The van der Waals surface area contributed by atoms with Crippen LogP contribution in [-0.2, 0) is 14.6 Å². The van der Waals surface area contributed by atoms with Crippen molar-refractivity contribution in [2.75, 3.05) is 43.9 Å². The van der Waals surface area contributed by atoms with Gasteiger partial charge < -0.3 is 9.80 Å². The summed E-state index contributed by atoms with van der Waals surface area (Å²) in [4.78, 5) is 26.4.